The van der Waals surface area contributed by atoms with Crippen molar-refractivity contribution in [1.82, 2.24) is 0 Å². The Morgan fingerprint density at radius 3 is 1.38 bits per heavy atom. The van der Waals surface area contributed by atoms with Crippen molar-refractivity contribution in [3.63, 3.8) is 0 Å². The maximum atomic E-state index is 11.9. The molecule has 0 aromatic rings. The van der Waals surface area contributed by atoms with E-state index >= 15 is 0 Å². The Morgan fingerprint density at radius 1 is 0.438 bits per heavy atom. The van der Waals surface area contributed by atoms with Crippen molar-refractivity contribution < 1.29 is 19.2 Å². The standard InChI is InChI=1S/C28H48O4/c1-3-5-10-18-26(30)19-11-7-8-12-20-27(31)21-13-9-14-22-28(32)24-16-15-23-25(29)17-6-4-2/h8,12H,3-7,9-11,13-24H2,1-2H3/b12-8+. The Morgan fingerprint density at radius 2 is 0.844 bits per heavy atom. The highest BCUT2D eigenvalue weighted by Gasteiger charge is 2.06. The van der Waals surface area contributed by atoms with Gasteiger partial charge in [-0.25, -0.2) is 0 Å². The largest absolute Gasteiger partial charge is 0.300 e. The molecule has 0 aliphatic rings. The van der Waals surface area contributed by atoms with Crippen LogP contribution in [0.3, 0.4) is 0 Å². The molecule has 0 fully saturated rings. The van der Waals surface area contributed by atoms with Crippen LogP contribution in [0, 0.1) is 0 Å². The molecule has 4 heteroatoms. The number of hydrogen-bond acceptors (Lipinski definition) is 4. The molecule has 0 N–H and O–H groups in total. The van der Waals surface area contributed by atoms with Crippen molar-refractivity contribution in [2.45, 2.75) is 142 Å². The Bertz CT molecular complexity index is 548. The van der Waals surface area contributed by atoms with Crippen LogP contribution in [0.4, 0.5) is 0 Å². The second-order valence-corrected chi connectivity index (χ2v) is 9.05. The molecule has 0 aromatic carbocycles. The number of rotatable bonds is 24. The lowest BCUT2D eigenvalue weighted by molar-refractivity contribution is -0.121. The highest BCUT2D eigenvalue weighted by Crippen LogP contribution is 2.11. The Labute approximate surface area is 197 Å². The zero-order chi connectivity index (χ0) is 23.9. The summed E-state index contributed by atoms with van der Waals surface area (Å²) in [5, 5.41) is 0. The summed E-state index contributed by atoms with van der Waals surface area (Å²) >= 11 is 0. The molecule has 184 valence electrons. The first-order valence-corrected chi connectivity index (χ1v) is 13.2. The molecule has 0 unspecified atom stereocenters. The van der Waals surface area contributed by atoms with Crippen molar-refractivity contribution in [1.29, 1.82) is 0 Å². The van der Waals surface area contributed by atoms with Gasteiger partial charge in [-0.3, -0.25) is 19.2 Å². The van der Waals surface area contributed by atoms with Gasteiger partial charge in [-0.1, -0.05) is 51.7 Å². The number of allylic oxidation sites excluding steroid dienone is 2. The average Bonchev–Trinajstić information content (AvgIpc) is 2.77. The third-order valence-electron chi connectivity index (χ3n) is 5.78. The fourth-order valence-electron chi connectivity index (χ4n) is 3.64. The first kappa shape index (κ1) is 30.4. The minimum Gasteiger partial charge on any atom is -0.300 e. The maximum Gasteiger partial charge on any atom is 0.136 e. The lowest BCUT2D eigenvalue weighted by Crippen LogP contribution is -2.01. The molecule has 0 aromatic heterocycles. The zero-order valence-electron chi connectivity index (χ0n) is 20.9. The Balaban J connectivity index is 3.53. The average molecular weight is 449 g/mol. The van der Waals surface area contributed by atoms with Gasteiger partial charge in [0.25, 0.3) is 0 Å². The number of ketones is 4. The number of hydrogen-bond donors (Lipinski definition) is 0. The van der Waals surface area contributed by atoms with Crippen molar-refractivity contribution in [2.75, 3.05) is 0 Å². The highest BCUT2D eigenvalue weighted by atomic mass is 16.1. The summed E-state index contributed by atoms with van der Waals surface area (Å²) in [6, 6.07) is 0. The summed E-state index contributed by atoms with van der Waals surface area (Å²) < 4.78 is 0. The van der Waals surface area contributed by atoms with Crippen LogP contribution in [0.5, 0.6) is 0 Å². The van der Waals surface area contributed by atoms with E-state index in [1.807, 2.05) is 12.2 Å². The van der Waals surface area contributed by atoms with E-state index in [1.165, 1.54) is 0 Å². The van der Waals surface area contributed by atoms with Gasteiger partial charge in [-0.2, -0.15) is 0 Å². The van der Waals surface area contributed by atoms with E-state index in [0.717, 1.165) is 77.0 Å². The molecule has 4 nitrogen and oxygen atoms in total. The van der Waals surface area contributed by atoms with Crippen LogP contribution in [0.2, 0.25) is 0 Å². The summed E-state index contributed by atoms with van der Waals surface area (Å²) in [7, 11) is 0. The van der Waals surface area contributed by atoms with Gasteiger partial charge >= 0.3 is 0 Å². The van der Waals surface area contributed by atoms with Crippen molar-refractivity contribution in [3.05, 3.63) is 12.2 Å². The third kappa shape index (κ3) is 21.6. The van der Waals surface area contributed by atoms with Gasteiger partial charge in [0.05, 0.1) is 0 Å². The first-order valence-electron chi connectivity index (χ1n) is 13.2. The van der Waals surface area contributed by atoms with Crippen LogP contribution in [0.1, 0.15) is 142 Å². The third-order valence-corrected chi connectivity index (χ3v) is 5.78. The van der Waals surface area contributed by atoms with Crippen molar-refractivity contribution >= 4 is 23.1 Å². The molecule has 32 heavy (non-hydrogen) atoms. The van der Waals surface area contributed by atoms with E-state index in [0.29, 0.717) is 62.9 Å². The predicted molar refractivity (Wildman–Crippen MR) is 133 cm³/mol. The summed E-state index contributed by atoms with van der Waals surface area (Å²) in [6.07, 6.45) is 20.1. The predicted octanol–water partition coefficient (Wildman–Crippen LogP) is 7.66. The van der Waals surface area contributed by atoms with Gasteiger partial charge in [0.15, 0.2) is 0 Å². The summed E-state index contributed by atoms with van der Waals surface area (Å²) in [6.45, 7) is 4.23. The van der Waals surface area contributed by atoms with E-state index in [2.05, 4.69) is 13.8 Å². The van der Waals surface area contributed by atoms with Crippen LogP contribution in [0.25, 0.3) is 0 Å². The molecule has 0 aliphatic heterocycles. The normalized spacial score (nSPS) is 11.2. The minimum absolute atomic E-state index is 0.246. The van der Waals surface area contributed by atoms with Gasteiger partial charge < -0.3 is 0 Å². The van der Waals surface area contributed by atoms with E-state index in [1.54, 1.807) is 0 Å². The SMILES string of the molecule is CCCCCC(=O)CCC/C=C/CC(=O)CCCCCC(=O)CCCCC(=O)CCCC. The van der Waals surface area contributed by atoms with Crippen LogP contribution < -0.4 is 0 Å². The van der Waals surface area contributed by atoms with Crippen LogP contribution in [-0.4, -0.2) is 23.1 Å². The molecule has 0 atom stereocenters. The second kappa shape index (κ2) is 22.6. The fraction of sp³-hybridized carbons (Fsp3) is 0.786. The van der Waals surface area contributed by atoms with Crippen LogP contribution in [0.15, 0.2) is 12.2 Å². The van der Waals surface area contributed by atoms with Crippen molar-refractivity contribution in [3.8, 4) is 0 Å². The molecule has 0 saturated heterocycles. The zero-order valence-corrected chi connectivity index (χ0v) is 20.9. The molecule has 0 saturated carbocycles. The lowest BCUT2D eigenvalue weighted by atomic mass is 10.0. The van der Waals surface area contributed by atoms with Gasteiger partial charge in [0.1, 0.15) is 23.1 Å². The van der Waals surface area contributed by atoms with Gasteiger partial charge in [0.2, 0.25) is 0 Å². The second-order valence-electron chi connectivity index (χ2n) is 9.05. The van der Waals surface area contributed by atoms with Gasteiger partial charge in [-0.05, 0) is 51.4 Å². The van der Waals surface area contributed by atoms with E-state index < -0.39 is 0 Å². The Hall–Kier alpha value is -1.58. The molecular weight excluding hydrogens is 400 g/mol. The smallest absolute Gasteiger partial charge is 0.136 e. The summed E-state index contributed by atoms with van der Waals surface area (Å²) in [4.78, 5) is 47.1. The van der Waals surface area contributed by atoms with E-state index in [9.17, 15) is 19.2 Å². The summed E-state index contributed by atoms with van der Waals surface area (Å²) in [5.41, 5.74) is 0. The molecule has 0 aliphatic carbocycles. The molecule has 0 heterocycles. The van der Waals surface area contributed by atoms with Gasteiger partial charge in [0, 0.05) is 51.4 Å². The maximum absolute atomic E-state index is 11.9. The quantitative estimate of drug-likeness (QED) is 0.112. The van der Waals surface area contributed by atoms with E-state index in [-0.39, 0.29) is 11.6 Å². The summed E-state index contributed by atoms with van der Waals surface area (Å²) in [5.74, 6) is 1.21. The van der Waals surface area contributed by atoms with Crippen LogP contribution in [-0.2, 0) is 19.2 Å². The number of Topliss-reactive ketones (excluding diaryl/α,β-unsaturated/α-hetero) is 4. The molecular formula is C28H48O4. The molecule has 0 bridgehead atoms. The highest BCUT2D eigenvalue weighted by molar-refractivity contribution is 5.80. The topological polar surface area (TPSA) is 68.3 Å². The first-order chi connectivity index (χ1) is 15.5. The molecule has 0 rings (SSSR count). The van der Waals surface area contributed by atoms with Gasteiger partial charge in [-0.15, -0.1) is 0 Å². The van der Waals surface area contributed by atoms with Crippen molar-refractivity contribution in [2.24, 2.45) is 0 Å². The van der Waals surface area contributed by atoms with Crippen LogP contribution >= 0.6 is 0 Å². The number of unbranched alkanes of at least 4 members (excludes halogenated alkanes) is 7. The molecule has 0 spiro atoms. The molecule has 0 radical (unpaired) electrons. The number of carbonyl (C=O) groups is 4. The lowest BCUT2D eigenvalue weighted by Gasteiger charge is -2.02. The van der Waals surface area contributed by atoms with E-state index in [4.69, 9.17) is 0 Å². The Kier molecular flexibility index (Phi) is 21.5. The monoisotopic (exact) mass is 448 g/mol. The fourth-order valence-corrected chi connectivity index (χ4v) is 3.64. The molecule has 0 amide bonds. The minimum atomic E-state index is 0.246. The number of carbonyl (C=O) groups excluding carboxylic acids is 4.